The van der Waals surface area contributed by atoms with Gasteiger partial charge in [0.05, 0.1) is 22.3 Å². The van der Waals surface area contributed by atoms with E-state index in [9.17, 15) is 14.9 Å². The number of hydrogen-bond acceptors (Lipinski definition) is 5. The fourth-order valence-corrected chi connectivity index (χ4v) is 2.89. The van der Waals surface area contributed by atoms with Gasteiger partial charge in [0.25, 0.3) is 0 Å². The van der Waals surface area contributed by atoms with Gasteiger partial charge in [-0.25, -0.2) is 9.59 Å². The third-order valence-corrected chi connectivity index (χ3v) is 3.92. The summed E-state index contributed by atoms with van der Waals surface area (Å²) in [4.78, 5) is 23.0. The molecule has 7 heteroatoms. The SMILES string of the molecule is N#Cc1cccc(Sc2cc(C(=O)O)cc(C(=O)O)c2)c1C#N. The van der Waals surface area contributed by atoms with E-state index in [-0.39, 0.29) is 22.3 Å². The van der Waals surface area contributed by atoms with Gasteiger partial charge in [-0.15, -0.1) is 0 Å². The van der Waals surface area contributed by atoms with Crippen LogP contribution in [0.15, 0.2) is 46.2 Å². The smallest absolute Gasteiger partial charge is 0.335 e. The van der Waals surface area contributed by atoms with E-state index in [1.807, 2.05) is 12.1 Å². The van der Waals surface area contributed by atoms with Crippen LogP contribution in [0, 0.1) is 22.7 Å². The van der Waals surface area contributed by atoms with Crippen molar-refractivity contribution >= 4 is 23.7 Å². The van der Waals surface area contributed by atoms with E-state index in [0.29, 0.717) is 9.79 Å². The molecule has 112 valence electrons. The fourth-order valence-electron chi connectivity index (χ4n) is 1.86. The molecule has 0 radical (unpaired) electrons. The average molecular weight is 324 g/mol. The van der Waals surface area contributed by atoms with Crippen LogP contribution in [0.2, 0.25) is 0 Å². The van der Waals surface area contributed by atoms with Crippen LogP contribution in [0.5, 0.6) is 0 Å². The van der Waals surface area contributed by atoms with E-state index in [1.165, 1.54) is 18.2 Å². The van der Waals surface area contributed by atoms with Crippen molar-refractivity contribution in [1.82, 2.24) is 0 Å². The number of nitriles is 2. The minimum absolute atomic E-state index is 0.164. The van der Waals surface area contributed by atoms with Crippen molar-refractivity contribution in [2.24, 2.45) is 0 Å². The molecule has 0 saturated heterocycles. The fraction of sp³-hybridized carbons (Fsp3) is 0. The second-order valence-corrected chi connectivity index (χ2v) is 5.48. The molecular formula is C16H8N2O4S. The van der Waals surface area contributed by atoms with E-state index in [2.05, 4.69) is 0 Å². The Hall–Kier alpha value is -3.29. The summed E-state index contributed by atoms with van der Waals surface area (Å²) in [6.45, 7) is 0. The van der Waals surface area contributed by atoms with E-state index < -0.39 is 11.9 Å². The normalized spacial score (nSPS) is 9.65. The molecule has 0 amide bonds. The molecule has 0 atom stereocenters. The first kappa shape index (κ1) is 16.1. The molecule has 0 bridgehead atoms. The van der Waals surface area contributed by atoms with Crippen LogP contribution in [-0.2, 0) is 0 Å². The van der Waals surface area contributed by atoms with Crippen LogP contribution < -0.4 is 0 Å². The Balaban J connectivity index is 2.53. The third kappa shape index (κ3) is 3.49. The zero-order valence-electron chi connectivity index (χ0n) is 11.5. The minimum atomic E-state index is -1.25. The molecule has 0 unspecified atom stereocenters. The number of carbonyl (C=O) groups is 2. The Morgan fingerprint density at radius 2 is 1.57 bits per heavy atom. The Morgan fingerprint density at radius 3 is 2.04 bits per heavy atom. The first-order chi connectivity index (χ1) is 11.0. The largest absolute Gasteiger partial charge is 0.478 e. The maximum absolute atomic E-state index is 11.1. The van der Waals surface area contributed by atoms with Crippen LogP contribution in [0.25, 0.3) is 0 Å². The standard InChI is InChI=1S/C16H8N2O4S/c17-7-9-2-1-3-14(13(9)8-18)23-12-5-10(15(19)20)4-11(6-12)16(21)22/h1-6H,(H,19,20)(H,21,22). The molecule has 2 aromatic carbocycles. The number of rotatable bonds is 4. The first-order valence-corrected chi connectivity index (χ1v) is 7.00. The molecule has 0 aliphatic rings. The molecule has 0 saturated carbocycles. The highest BCUT2D eigenvalue weighted by atomic mass is 32.2. The van der Waals surface area contributed by atoms with Crippen molar-refractivity contribution in [3.05, 3.63) is 58.7 Å². The van der Waals surface area contributed by atoms with Crippen LogP contribution in [0.1, 0.15) is 31.8 Å². The number of benzene rings is 2. The third-order valence-electron chi connectivity index (χ3n) is 2.89. The lowest BCUT2D eigenvalue weighted by molar-refractivity contribution is 0.0696. The second kappa shape index (κ2) is 6.65. The van der Waals surface area contributed by atoms with E-state index in [4.69, 9.17) is 15.5 Å². The van der Waals surface area contributed by atoms with Crippen LogP contribution in [0.4, 0.5) is 0 Å². The van der Waals surface area contributed by atoms with Gasteiger partial charge in [-0.3, -0.25) is 0 Å². The van der Waals surface area contributed by atoms with E-state index >= 15 is 0 Å². The van der Waals surface area contributed by atoms with Gasteiger partial charge in [0, 0.05) is 9.79 Å². The second-order valence-electron chi connectivity index (χ2n) is 4.36. The zero-order valence-corrected chi connectivity index (χ0v) is 12.3. The maximum Gasteiger partial charge on any atom is 0.335 e. The van der Waals surface area contributed by atoms with Gasteiger partial charge in [0.2, 0.25) is 0 Å². The molecule has 2 N–H and O–H groups in total. The summed E-state index contributed by atoms with van der Waals surface area (Å²) in [5, 5.41) is 36.3. The lowest BCUT2D eigenvalue weighted by Crippen LogP contribution is -2.02. The summed E-state index contributed by atoms with van der Waals surface area (Å²) in [5.41, 5.74) is 0.0349. The molecule has 0 spiro atoms. The van der Waals surface area contributed by atoms with E-state index in [0.717, 1.165) is 17.8 Å². The van der Waals surface area contributed by atoms with Gasteiger partial charge in [-0.2, -0.15) is 10.5 Å². The zero-order chi connectivity index (χ0) is 17.0. The number of carboxylic acid groups (broad SMARTS) is 2. The highest BCUT2D eigenvalue weighted by Gasteiger charge is 2.14. The summed E-state index contributed by atoms with van der Waals surface area (Å²) < 4.78 is 0. The summed E-state index contributed by atoms with van der Waals surface area (Å²) in [6, 6.07) is 12.2. The summed E-state index contributed by atoms with van der Waals surface area (Å²) >= 11 is 1.03. The number of hydrogen-bond donors (Lipinski definition) is 2. The molecule has 6 nitrogen and oxygen atoms in total. The van der Waals surface area contributed by atoms with Gasteiger partial charge >= 0.3 is 11.9 Å². The van der Waals surface area contributed by atoms with Crippen molar-refractivity contribution in [3.8, 4) is 12.1 Å². The van der Waals surface area contributed by atoms with Crippen molar-refractivity contribution in [2.45, 2.75) is 9.79 Å². The average Bonchev–Trinajstić information content (AvgIpc) is 2.54. The Bertz CT molecular complexity index is 862. The minimum Gasteiger partial charge on any atom is -0.478 e. The lowest BCUT2D eigenvalue weighted by Gasteiger charge is -2.07. The highest BCUT2D eigenvalue weighted by Crippen LogP contribution is 2.33. The molecular weight excluding hydrogens is 316 g/mol. The van der Waals surface area contributed by atoms with Crippen molar-refractivity contribution in [2.75, 3.05) is 0 Å². The van der Waals surface area contributed by atoms with Crippen LogP contribution in [0.3, 0.4) is 0 Å². The molecule has 0 aliphatic heterocycles. The molecule has 0 heterocycles. The summed E-state index contributed by atoms with van der Waals surface area (Å²) in [7, 11) is 0. The van der Waals surface area contributed by atoms with Gasteiger partial charge in [0.1, 0.15) is 12.1 Å². The lowest BCUT2D eigenvalue weighted by atomic mass is 10.1. The van der Waals surface area contributed by atoms with Crippen LogP contribution in [-0.4, -0.2) is 22.2 Å². The van der Waals surface area contributed by atoms with Gasteiger partial charge in [-0.05, 0) is 30.3 Å². The van der Waals surface area contributed by atoms with Crippen LogP contribution >= 0.6 is 11.8 Å². The van der Waals surface area contributed by atoms with Gasteiger partial charge in [0.15, 0.2) is 0 Å². The number of nitrogens with zero attached hydrogens (tertiary/aromatic N) is 2. The monoisotopic (exact) mass is 324 g/mol. The maximum atomic E-state index is 11.1. The molecule has 0 fully saturated rings. The Morgan fingerprint density at radius 1 is 0.957 bits per heavy atom. The first-order valence-electron chi connectivity index (χ1n) is 6.19. The molecule has 2 rings (SSSR count). The topological polar surface area (TPSA) is 122 Å². The van der Waals surface area contributed by atoms with Gasteiger partial charge < -0.3 is 10.2 Å². The molecule has 23 heavy (non-hydrogen) atoms. The van der Waals surface area contributed by atoms with Gasteiger partial charge in [-0.1, -0.05) is 17.8 Å². The molecule has 2 aromatic rings. The predicted molar refractivity (Wildman–Crippen MR) is 80.4 cm³/mol. The quantitative estimate of drug-likeness (QED) is 0.886. The summed E-state index contributed by atoms with van der Waals surface area (Å²) in [6.07, 6.45) is 0. The van der Waals surface area contributed by atoms with Crippen molar-refractivity contribution < 1.29 is 19.8 Å². The number of carboxylic acids is 2. The number of aromatic carboxylic acids is 2. The van der Waals surface area contributed by atoms with Crippen molar-refractivity contribution in [3.63, 3.8) is 0 Å². The summed E-state index contributed by atoms with van der Waals surface area (Å²) in [5.74, 6) is -2.50. The molecule has 0 aromatic heterocycles. The molecule has 0 aliphatic carbocycles. The Labute approximate surface area is 135 Å². The highest BCUT2D eigenvalue weighted by molar-refractivity contribution is 7.99. The Kier molecular flexibility index (Phi) is 4.65. The van der Waals surface area contributed by atoms with Crippen molar-refractivity contribution in [1.29, 1.82) is 10.5 Å². The van der Waals surface area contributed by atoms with E-state index in [1.54, 1.807) is 12.1 Å². The predicted octanol–water partition coefficient (Wildman–Crippen LogP) is 2.98.